The molecule has 1 aromatic heterocycles. The summed E-state index contributed by atoms with van der Waals surface area (Å²) in [5.41, 5.74) is 5.36. The van der Waals surface area contributed by atoms with Gasteiger partial charge in [-0.05, 0) is 42.8 Å². The standard InChI is InChI=1S/C21H26N6/c1-14-6-11-18(27(4)5)15(2)20(14)25-19-12-13-23-21(26-19)24-17-9-7-16(22-3)8-10-17/h6-14,22H,1-5H3,(H,23,24,26). The smallest absolute Gasteiger partial charge is 0.229 e. The summed E-state index contributed by atoms with van der Waals surface area (Å²) in [4.78, 5) is 15.8. The first-order valence-electron chi connectivity index (χ1n) is 9.01. The van der Waals surface area contributed by atoms with Gasteiger partial charge in [-0.1, -0.05) is 13.0 Å². The van der Waals surface area contributed by atoms with Gasteiger partial charge in [0.05, 0.1) is 5.71 Å². The third-order valence-electron chi connectivity index (χ3n) is 4.53. The van der Waals surface area contributed by atoms with Gasteiger partial charge < -0.3 is 15.5 Å². The molecular formula is C21H26N6. The summed E-state index contributed by atoms with van der Waals surface area (Å²) >= 11 is 0. The quantitative estimate of drug-likeness (QED) is 0.826. The van der Waals surface area contributed by atoms with E-state index in [4.69, 9.17) is 4.99 Å². The van der Waals surface area contributed by atoms with E-state index in [1.165, 1.54) is 11.3 Å². The van der Waals surface area contributed by atoms with Crippen LogP contribution in [0.4, 0.5) is 23.1 Å². The van der Waals surface area contributed by atoms with Crippen LogP contribution in [0, 0.1) is 5.92 Å². The van der Waals surface area contributed by atoms with E-state index < -0.39 is 0 Å². The Balaban J connectivity index is 1.86. The molecule has 0 radical (unpaired) electrons. The summed E-state index contributed by atoms with van der Waals surface area (Å²) in [6.45, 7) is 4.26. The maximum atomic E-state index is 4.82. The highest BCUT2D eigenvalue weighted by Crippen LogP contribution is 2.25. The average molecular weight is 362 g/mol. The van der Waals surface area contributed by atoms with Crippen LogP contribution < -0.4 is 10.6 Å². The Labute approximate surface area is 160 Å². The predicted octanol–water partition coefficient (Wildman–Crippen LogP) is 4.38. The molecule has 27 heavy (non-hydrogen) atoms. The van der Waals surface area contributed by atoms with Crippen LogP contribution in [-0.4, -0.2) is 41.7 Å². The van der Waals surface area contributed by atoms with Crippen molar-refractivity contribution in [2.75, 3.05) is 31.8 Å². The van der Waals surface area contributed by atoms with Crippen molar-refractivity contribution in [2.24, 2.45) is 10.9 Å². The van der Waals surface area contributed by atoms with E-state index in [-0.39, 0.29) is 5.92 Å². The highest BCUT2D eigenvalue weighted by atomic mass is 15.1. The van der Waals surface area contributed by atoms with Crippen LogP contribution in [-0.2, 0) is 0 Å². The Bertz CT molecular complexity index is 893. The molecule has 0 aliphatic heterocycles. The second-order valence-corrected chi connectivity index (χ2v) is 6.74. The van der Waals surface area contributed by atoms with Crippen LogP contribution in [0.5, 0.6) is 0 Å². The molecule has 6 nitrogen and oxygen atoms in total. The van der Waals surface area contributed by atoms with Gasteiger partial charge in [0.25, 0.3) is 0 Å². The molecular weight excluding hydrogens is 336 g/mol. The van der Waals surface area contributed by atoms with E-state index in [9.17, 15) is 0 Å². The lowest BCUT2D eigenvalue weighted by Gasteiger charge is -2.24. The molecule has 6 heteroatoms. The first kappa shape index (κ1) is 18.6. The number of nitrogens with zero attached hydrogens (tertiary/aromatic N) is 4. The van der Waals surface area contributed by atoms with Crippen molar-refractivity contribution in [1.82, 2.24) is 14.9 Å². The fourth-order valence-corrected chi connectivity index (χ4v) is 3.04. The van der Waals surface area contributed by atoms with Gasteiger partial charge >= 0.3 is 0 Å². The number of aromatic nitrogens is 2. The molecule has 0 saturated heterocycles. The van der Waals surface area contributed by atoms with Gasteiger partial charge in [0.2, 0.25) is 5.95 Å². The Morgan fingerprint density at radius 2 is 1.78 bits per heavy atom. The number of hydrogen-bond donors (Lipinski definition) is 2. The molecule has 1 atom stereocenters. The summed E-state index contributed by atoms with van der Waals surface area (Å²) in [7, 11) is 5.99. The zero-order chi connectivity index (χ0) is 19.4. The topological polar surface area (TPSA) is 65.4 Å². The minimum Gasteiger partial charge on any atom is -0.388 e. The van der Waals surface area contributed by atoms with E-state index in [1.54, 1.807) is 6.20 Å². The lowest BCUT2D eigenvalue weighted by Crippen LogP contribution is -2.22. The maximum Gasteiger partial charge on any atom is 0.229 e. The third kappa shape index (κ3) is 4.34. The summed E-state index contributed by atoms with van der Waals surface area (Å²) < 4.78 is 0. The van der Waals surface area contributed by atoms with Crippen LogP contribution >= 0.6 is 0 Å². The third-order valence-corrected chi connectivity index (χ3v) is 4.53. The minimum absolute atomic E-state index is 0.245. The Morgan fingerprint density at radius 3 is 2.44 bits per heavy atom. The van der Waals surface area contributed by atoms with E-state index >= 15 is 0 Å². The molecule has 0 bridgehead atoms. The van der Waals surface area contributed by atoms with Crippen molar-refractivity contribution in [3.8, 4) is 0 Å². The monoisotopic (exact) mass is 362 g/mol. The number of hydrogen-bond acceptors (Lipinski definition) is 6. The van der Waals surface area contributed by atoms with E-state index in [0.717, 1.165) is 17.1 Å². The van der Waals surface area contributed by atoms with Crippen molar-refractivity contribution < 1.29 is 0 Å². The Hall–Kier alpha value is -3.15. The van der Waals surface area contributed by atoms with Gasteiger partial charge in [0, 0.05) is 56.4 Å². The van der Waals surface area contributed by atoms with Crippen LogP contribution in [0.25, 0.3) is 0 Å². The molecule has 2 N–H and O–H groups in total. The van der Waals surface area contributed by atoms with Crippen LogP contribution in [0.3, 0.4) is 0 Å². The number of rotatable bonds is 5. The number of allylic oxidation sites excluding steroid dienone is 3. The molecule has 1 aliphatic rings. The molecule has 1 unspecified atom stereocenters. The number of likely N-dealkylation sites (N-methyl/N-ethyl adjacent to an activating group) is 1. The first-order chi connectivity index (χ1) is 13.0. The number of aliphatic imine (C=N–C) groups is 1. The second-order valence-electron chi connectivity index (χ2n) is 6.74. The molecule has 3 rings (SSSR count). The van der Waals surface area contributed by atoms with Gasteiger partial charge in [-0.2, -0.15) is 4.98 Å². The molecule has 1 aromatic carbocycles. The lowest BCUT2D eigenvalue weighted by molar-refractivity contribution is 0.523. The normalized spacial score (nSPS) is 18.0. The molecule has 1 heterocycles. The van der Waals surface area contributed by atoms with Gasteiger partial charge in [-0.25, -0.2) is 9.98 Å². The van der Waals surface area contributed by atoms with Crippen molar-refractivity contribution >= 4 is 28.9 Å². The number of benzene rings is 1. The van der Waals surface area contributed by atoms with Crippen LogP contribution in [0.15, 0.2) is 64.9 Å². The summed E-state index contributed by atoms with van der Waals surface area (Å²) in [5.74, 6) is 1.42. The zero-order valence-corrected chi connectivity index (χ0v) is 16.5. The SMILES string of the molecule is CNc1ccc(Nc2nccc(N=C3C(C)=C(N(C)C)C=CC3C)n2)cc1. The average Bonchev–Trinajstić information content (AvgIpc) is 2.66. The zero-order valence-electron chi connectivity index (χ0n) is 16.5. The lowest BCUT2D eigenvalue weighted by atomic mass is 9.92. The van der Waals surface area contributed by atoms with E-state index in [0.29, 0.717) is 11.8 Å². The van der Waals surface area contributed by atoms with Crippen LogP contribution in [0.1, 0.15) is 13.8 Å². The highest BCUT2D eigenvalue weighted by molar-refractivity contribution is 6.05. The maximum absolute atomic E-state index is 4.82. The molecule has 1 aliphatic carbocycles. The fourth-order valence-electron chi connectivity index (χ4n) is 3.04. The molecule has 0 spiro atoms. The van der Waals surface area contributed by atoms with E-state index in [1.807, 2.05) is 51.5 Å². The Kier molecular flexibility index (Phi) is 5.54. The Morgan fingerprint density at radius 1 is 1.07 bits per heavy atom. The van der Waals surface area contributed by atoms with Crippen molar-refractivity contribution in [2.45, 2.75) is 13.8 Å². The summed E-state index contributed by atoms with van der Waals surface area (Å²) in [5, 5.41) is 6.33. The van der Waals surface area contributed by atoms with Crippen molar-refractivity contribution in [1.29, 1.82) is 0 Å². The van der Waals surface area contributed by atoms with E-state index in [2.05, 4.69) is 51.5 Å². The molecule has 0 amide bonds. The highest BCUT2D eigenvalue weighted by Gasteiger charge is 2.19. The van der Waals surface area contributed by atoms with Crippen LogP contribution in [0.2, 0.25) is 0 Å². The van der Waals surface area contributed by atoms with Gasteiger partial charge in [0.1, 0.15) is 0 Å². The van der Waals surface area contributed by atoms with Gasteiger partial charge in [0.15, 0.2) is 5.82 Å². The number of anilines is 3. The second kappa shape index (κ2) is 8.03. The molecule has 140 valence electrons. The predicted molar refractivity (Wildman–Crippen MR) is 113 cm³/mol. The molecule has 0 fully saturated rings. The first-order valence-corrected chi connectivity index (χ1v) is 9.01. The fraction of sp³-hybridized carbons (Fsp3) is 0.286. The van der Waals surface area contributed by atoms with Crippen molar-refractivity contribution in [3.05, 3.63) is 60.0 Å². The van der Waals surface area contributed by atoms with Crippen molar-refractivity contribution in [3.63, 3.8) is 0 Å². The van der Waals surface area contributed by atoms with Gasteiger partial charge in [-0.3, -0.25) is 0 Å². The summed E-state index contributed by atoms with van der Waals surface area (Å²) in [6.07, 6.45) is 6.05. The number of nitrogens with one attached hydrogen (secondary N) is 2. The molecule has 2 aromatic rings. The largest absolute Gasteiger partial charge is 0.388 e. The summed E-state index contributed by atoms with van der Waals surface area (Å²) in [6, 6.07) is 9.80. The molecule has 0 saturated carbocycles. The van der Waals surface area contributed by atoms with Gasteiger partial charge in [-0.15, -0.1) is 0 Å². The minimum atomic E-state index is 0.245.